The standard InChI is InChI=1S/C19H23NO3/c1-19(2,3)23-18(22)20-10-9-11-5-4-6-13-14(11)16(20)15(17(13)21)12-7-8-12/h4-6,12,15-16H,7-10H2,1-3H3. The lowest BCUT2D eigenvalue weighted by atomic mass is 9.88. The maximum atomic E-state index is 12.9. The molecule has 4 heteroatoms. The quantitative estimate of drug-likeness (QED) is 0.793. The Morgan fingerprint density at radius 1 is 1.26 bits per heavy atom. The SMILES string of the molecule is CC(C)(C)OC(=O)N1CCc2cccc3c2C1C(C1CC1)C3=O. The summed E-state index contributed by atoms with van der Waals surface area (Å²) in [7, 11) is 0. The maximum absolute atomic E-state index is 12.9. The summed E-state index contributed by atoms with van der Waals surface area (Å²) in [5.41, 5.74) is 2.63. The molecular formula is C19H23NO3. The summed E-state index contributed by atoms with van der Waals surface area (Å²) in [6.07, 6.45) is 2.70. The van der Waals surface area contributed by atoms with Gasteiger partial charge in [-0.2, -0.15) is 0 Å². The molecule has 4 rings (SSSR count). The van der Waals surface area contributed by atoms with Crippen molar-refractivity contribution in [3.63, 3.8) is 0 Å². The Morgan fingerprint density at radius 3 is 2.65 bits per heavy atom. The van der Waals surface area contributed by atoms with Crippen molar-refractivity contribution in [3.8, 4) is 0 Å². The molecule has 1 aliphatic heterocycles. The normalized spacial score (nSPS) is 26.2. The van der Waals surface area contributed by atoms with Gasteiger partial charge in [0.25, 0.3) is 0 Å². The molecule has 2 atom stereocenters. The van der Waals surface area contributed by atoms with Crippen molar-refractivity contribution in [3.05, 3.63) is 34.9 Å². The number of hydrogen-bond donors (Lipinski definition) is 0. The van der Waals surface area contributed by atoms with Gasteiger partial charge in [0.15, 0.2) is 5.78 Å². The number of rotatable bonds is 1. The number of ketones is 1. The van der Waals surface area contributed by atoms with E-state index in [9.17, 15) is 9.59 Å². The van der Waals surface area contributed by atoms with Crippen LogP contribution in [0.15, 0.2) is 18.2 Å². The molecule has 23 heavy (non-hydrogen) atoms. The Balaban J connectivity index is 1.75. The van der Waals surface area contributed by atoms with Gasteiger partial charge in [-0.15, -0.1) is 0 Å². The van der Waals surface area contributed by atoms with Crippen LogP contribution in [0, 0.1) is 11.8 Å². The number of carbonyl (C=O) groups is 2. The van der Waals surface area contributed by atoms with E-state index < -0.39 is 5.60 Å². The largest absolute Gasteiger partial charge is 0.444 e. The Hall–Kier alpha value is -1.84. The van der Waals surface area contributed by atoms with E-state index in [0.717, 1.165) is 30.4 Å². The Morgan fingerprint density at radius 2 is 2.00 bits per heavy atom. The highest BCUT2D eigenvalue weighted by atomic mass is 16.6. The average molecular weight is 313 g/mol. The summed E-state index contributed by atoms with van der Waals surface area (Å²) < 4.78 is 5.61. The lowest BCUT2D eigenvalue weighted by Crippen LogP contribution is -2.45. The monoisotopic (exact) mass is 313 g/mol. The summed E-state index contributed by atoms with van der Waals surface area (Å²) in [5.74, 6) is 0.583. The van der Waals surface area contributed by atoms with Crippen molar-refractivity contribution in [1.82, 2.24) is 4.90 Å². The molecule has 1 heterocycles. The average Bonchev–Trinajstić information content (AvgIpc) is 3.25. The number of nitrogens with zero attached hydrogens (tertiary/aromatic N) is 1. The van der Waals surface area contributed by atoms with Crippen molar-refractivity contribution >= 4 is 11.9 Å². The van der Waals surface area contributed by atoms with E-state index in [1.807, 2.05) is 37.8 Å². The molecule has 1 fully saturated rings. The van der Waals surface area contributed by atoms with E-state index in [1.54, 1.807) is 0 Å². The Kier molecular flexibility index (Phi) is 3.09. The first kappa shape index (κ1) is 14.7. The van der Waals surface area contributed by atoms with Crippen LogP contribution in [0.2, 0.25) is 0 Å². The molecular weight excluding hydrogens is 290 g/mol. The molecule has 122 valence electrons. The summed E-state index contributed by atoms with van der Waals surface area (Å²) in [6.45, 7) is 6.28. The zero-order chi connectivity index (χ0) is 16.4. The molecule has 1 aromatic carbocycles. The fraction of sp³-hybridized carbons (Fsp3) is 0.579. The summed E-state index contributed by atoms with van der Waals surface area (Å²) in [6, 6.07) is 5.88. The second-order valence-corrected chi connectivity index (χ2v) is 7.97. The van der Waals surface area contributed by atoms with Crippen molar-refractivity contribution in [1.29, 1.82) is 0 Å². The molecule has 0 N–H and O–H groups in total. The van der Waals surface area contributed by atoms with Gasteiger partial charge in [-0.05, 0) is 57.1 Å². The number of ether oxygens (including phenoxy) is 1. The molecule has 0 bridgehead atoms. The van der Waals surface area contributed by atoms with Crippen molar-refractivity contribution in [2.45, 2.75) is 51.7 Å². The molecule has 0 aromatic heterocycles. The van der Waals surface area contributed by atoms with E-state index in [2.05, 4.69) is 6.07 Å². The van der Waals surface area contributed by atoms with E-state index >= 15 is 0 Å². The minimum absolute atomic E-state index is 0.0704. The molecule has 0 radical (unpaired) electrons. The van der Waals surface area contributed by atoms with Crippen LogP contribution < -0.4 is 0 Å². The van der Waals surface area contributed by atoms with E-state index in [1.165, 1.54) is 5.56 Å². The topological polar surface area (TPSA) is 46.6 Å². The third-order valence-electron chi connectivity index (χ3n) is 5.12. The fourth-order valence-corrected chi connectivity index (χ4v) is 4.08. The van der Waals surface area contributed by atoms with Gasteiger partial charge in [0.2, 0.25) is 0 Å². The minimum Gasteiger partial charge on any atom is -0.444 e. The van der Waals surface area contributed by atoms with Crippen LogP contribution in [0.25, 0.3) is 0 Å². The van der Waals surface area contributed by atoms with Gasteiger partial charge in [0.1, 0.15) is 5.60 Å². The number of amides is 1. The van der Waals surface area contributed by atoms with Gasteiger partial charge in [-0.3, -0.25) is 4.79 Å². The van der Waals surface area contributed by atoms with Gasteiger partial charge in [-0.1, -0.05) is 18.2 Å². The smallest absolute Gasteiger partial charge is 0.410 e. The maximum Gasteiger partial charge on any atom is 0.410 e. The molecule has 1 amide bonds. The van der Waals surface area contributed by atoms with Crippen LogP contribution in [0.1, 0.15) is 61.1 Å². The van der Waals surface area contributed by atoms with Gasteiger partial charge in [-0.25, -0.2) is 4.79 Å². The van der Waals surface area contributed by atoms with Crippen LogP contribution in [-0.4, -0.2) is 28.9 Å². The second kappa shape index (κ2) is 4.83. The highest BCUT2D eigenvalue weighted by Crippen LogP contribution is 2.53. The van der Waals surface area contributed by atoms with E-state index in [4.69, 9.17) is 4.74 Å². The van der Waals surface area contributed by atoms with Gasteiger partial charge >= 0.3 is 6.09 Å². The summed E-state index contributed by atoms with van der Waals surface area (Å²) >= 11 is 0. The molecule has 0 spiro atoms. The van der Waals surface area contributed by atoms with E-state index in [-0.39, 0.29) is 23.8 Å². The molecule has 2 unspecified atom stereocenters. The Labute approximate surface area is 136 Å². The highest BCUT2D eigenvalue weighted by Gasteiger charge is 2.53. The van der Waals surface area contributed by atoms with E-state index in [0.29, 0.717) is 12.5 Å². The molecule has 1 aromatic rings. The van der Waals surface area contributed by atoms with Crippen LogP contribution in [0.4, 0.5) is 4.79 Å². The first-order chi connectivity index (χ1) is 10.9. The lowest BCUT2D eigenvalue weighted by Gasteiger charge is -2.38. The molecule has 2 aliphatic carbocycles. The third-order valence-corrected chi connectivity index (χ3v) is 5.12. The zero-order valence-corrected chi connectivity index (χ0v) is 14.0. The van der Waals surface area contributed by atoms with Crippen LogP contribution >= 0.6 is 0 Å². The summed E-state index contributed by atoms with van der Waals surface area (Å²) in [4.78, 5) is 27.4. The number of Topliss-reactive ketones (excluding diaryl/α,β-unsaturated/α-hetero) is 1. The predicted molar refractivity (Wildman–Crippen MR) is 86.4 cm³/mol. The first-order valence-electron chi connectivity index (χ1n) is 8.52. The second-order valence-electron chi connectivity index (χ2n) is 7.97. The third kappa shape index (κ3) is 2.35. The van der Waals surface area contributed by atoms with Crippen LogP contribution in [-0.2, 0) is 11.2 Å². The lowest BCUT2D eigenvalue weighted by molar-refractivity contribution is 0.00831. The highest BCUT2D eigenvalue weighted by molar-refractivity contribution is 6.04. The molecule has 1 saturated carbocycles. The fourth-order valence-electron chi connectivity index (χ4n) is 4.08. The van der Waals surface area contributed by atoms with Crippen molar-refractivity contribution in [2.75, 3.05) is 6.54 Å². The minimum atomic E-state index is -0.519. The van der Waals surface area contributed by atoms with Crippen LogP contribution in [0.3, 0.4) is 0 Å². The van der Waals surface area contributed by atoms with Crippen LogP contribution in [0.5, 0.6) is 0 Å². The number of carbonyl (C=O) groups excluding carboxylic acids is 2. The molecule has 3 aliphatic rings. The number of benzene rings is 1. The van der Waals surface area contributed by atoms with Crippen molar-refractivity contribution in [2.24, 2.45) is 11.8 Å². The van der Waals surface area contributed by atoms with Gasteiger partial charge < -0.3 is 9.64 Å². The van der Waals surface area contributed by atoms with Gasteiger partial charge in [0.05, 0.1) is 12.0 Å². The molecule has 0 saturated heterocycles. The van der Waals surface area contributed by atoms with Crippen molar-refractivity contribution < 1.29 is 14.3 Å². The zero-order valence-electron chi connectivity index (χ0n) is 14.0. The first-order valence-corrected chi connectivity index (χ1v) is 8.52. The summed E-state index contributed by atoms with van der Waals surface area (Å²) in [5, 5.41) is 0. The predicted octanol–water partition coefficient (Wildman–Crippen LogP) is 3.74. The Bertz CT molecular complexity index is 684. The molecule has 4 nitrogen and oxygen atoms in total. The van der Waals surface area contributed by atoms with Gasteiger partial charge in [0, 0.05) is 12.1 Å². The number of hydrogen-bond acceptors (Lipinski definition) is 3.